The molecule has 0 heterocycles. The Morgan fingerprint density at radius 2 is 1.71 bits per heavy atom. The van der Waals surface area contributed by atoms with Crippen LogP contribution in [0.4, 0.5) is 0 Å². The highest BCUT2D eigenvalue weighted by atomic mass is 16.5. The predicted octanol–water partition coefficient (Wildman–Crippen LogP) is 4.32. The molecular weight excluding hydrogens is 304 g/mol. The van der Waals surface area contributed by atoms with Crippen LogP contribution in [0.5, 0.6) is 11.5 Å². The second kappa shape index (κ2) is 8.58. The zero-order chi connectivity index (χ0) is 17.4. The third-order valence-corrected chi connectivity index (χ3v) is 3.32. The van der Waals surface area contributed by atoms with Crippen molar-refractivity contribution in [1.82, 2.24) is 0 Å². The molecule has 0 aliphatic carbocycles. The molecule has 0 bridgehead atoms. The molecule has 2 aromatic carbocycles. The number of rotatable bonds is 8. The molecule has 0 fully saturated rings. The van der Waals surface area contributed by atoms with Gasteiger partial charge in [-0.25, -0.2) is 4.79 Å². The minimum Gasteiger partial charge on any atom is -0.490 e. The normalized spacial score (nSPS) is 11.0. The Balaban J connectivity index is 2.14. The SMILES string of the molecule is C=CCOc1ccc(C=C(Oc2ccc(CC)cc2)C(=O)O)cc1. The Morgan fingerprint density at radius 1 is 1.08 bits per heavy atom. The van der Waals surface area contributed by atoms with Crippen molar-refractivity contribution in [2.45, 2.75) is 13.3 Å². The molecule has 4 heteroatoms. The van der Waals surface area contributed by atoms with Gasteiger partial charge in [-0.05, 0) is 47.9 Å². The number of carboxylic acids is 1. The molecule has 0 radical (unpaired) electrons. The van der Waals surface area contributed by atoms with E-state index in [2.05, 4.69) is 13.5 Å². The van der Waals surface area contributed by atoms with Crippen LogP contribution in [0, 0.1) is 0 Å². The molecule has 2 rings (SSSR count). The highest BCUT2D eigenvalue weighted by Gasteiger charge is 2.10. The summed E-state index contributed by atoms with van der Waals surface area (Å²) in [5.41, 5.74) is 1.88. The van der Waals surface area contributed by atoms with Crippen LogP contribution >= 0.6 is 0 Å². The van der Waals surface area contributed by atoms with Gasteiger partial charge >= 0.3 is 5.97 Å². The van der Waals surface area contributed by atoms with Gasteiger partial charge in [0.25, 0.3) is 0 Å². The van der Waals surface area contributed by atoms with Crippen LogP contribution in [-0.2, 0) is 11.2 Å². The van der Waals surface area contributed by atoms with E-state index in [9.17, 15) is 9.90 Å². The summed E-state index contributed by atoms with van der Waals surface area (Å²) in [6, 6.07) is 14.4. The molecule has 1 N–H and O–H groups in total. The molecule has 0 aliphatic rings. The molecule has 0 amide bonds. The van der Waals surface area contributed by atoms with E-state index >= 15 is 0 Å². The maximum absolute atomic E-state index is 11.4. The van der Waals surface area contributed by atoms with Crippen LogP contribution < -0.4 is 9.47 Å². The number of aliphatic carboxylic acids is 1. The summed E-state index contributed by atoms with van der Waals surface area (Å²) in [6.45, 7) is 6.07. The fourth-order valence-electron chi connectivity index (χ4n) is 2.02. The summed E-state index contributed by atoms with van der Waals surface area (Å²) in [6.07, 6.45) is 4.06. The van der Waals surface area contributed by atoms with E-state index in [1.54, 1.807) is 42.5 Å². The Labute approximate surface area is 141 Å². The first-order chi connectivity index (χ1) is 11.6. The van der Waals surface area contributed by atoms with Gasteiger partial charge in [0, 0.05) is 0 Å². The van der Waals surface area contributed by atoms with Crippen molar-refractivity contribution in [2.75, 3.05) is 6.61 Å². The van der Waals surface area contributed by atoms with Gasteiger partial charge < -0.3 is 14.6 Å². The van der Waals surface area contributed by atoms with Crippen molar-refractivity contribution in [3.05, 3.63) is 78.1 Å². The molecule has 0 atom stereocenters. The van der Waals surface area contributed by atoms with Gasteiger partial charge in [-0.15, -0.1) is 0 Å². The summed E-state index contributed by atoms with van der Waals surface area (Å²) >= 11 is 0. The summed E-state index contributed by atoms with van der Waals surface area (Å²) in [5, 5.41) is 9.34. The average Bonchev–Trinajstić information content (AvgIpc) is 2.61. The van der Waals surface area contributed by atoms with Crippen molar-refractivity contribution in [3.8, 4) is 11.5 Å². The lowest BCUT2D eigenvalue weighted by Crippen LogP contribution is -2.07. The van der Waals surface area contributed by atoms with E-state index in [4.69, 9.17) is 9.47 Å². The van der Waals surface area contributed by atoms with Gasteiger partial charge in [-0.1, -0.05) is 43.8 Å². The van der Waals surface area contributed by atoms with E-state index < -0.39 is 5.97 Å². The smallest absolute Gasteiger partial charge is 0.371 e. The zero-order valence-corrected chi connectivity index (χ0v) is 13.6. The van der Waals surface area contributed by atoms with Crippen LogP contribution in [0.2, 0.25) is 0 Å². The highest BCUT2D eigenvalue weighted by molar-refractivity contribution is 5.90. The van der Waals surface area contributed by atoms with Gasteiger partial charge in [0.05, 0.1) is 0 Å². The third-order valence-electron chi connectivity index (χ3n) is 3.32. The molecule has 0 aliphatic heterocycles. The predicted molar refractivity (Wildman–Crippen MR) is 94.2 cm³/mol. The molecule has 0 unspecified atom stereocenters. The van der Waals surface area contributed by atoms with Crippen molar-refractivity contribution in [2.24, 2.45) is 0 Å². The van der Waals surface area contributed by atoms with Crippen LogP contribution in [0.3, 0.4) is 0 Å². The maximum Gasteiger partial charge on any atom is 0.371 e. The van der Waals surface area contributed by atoms with Crippen LogP contribution in [0.15, 0.2) is 66.9 Å². The van der Waals surface area contributed by atoms with E-state index in [0.29, 0.717) is 23.7 Å². The highest BCUT2D eigenvalue weighted by Crippen LogP contribution is 2.19. The molecule has 0 spiro atoms. The monoisotopic (exact) mass is 324 g/mol. The lowest BCUT2D eigenvalue weighted by Gasteiger charge is -2.08. The minimum absolute atomic E-state index is 0.140. The maximum atomic E-state index is 11.4. The van der Waals surface area contributed by atoms with Gasteiger partial charge in [0.15, 0.2) is 0 Å². The molecule has 0 aromatic heterocycles. The number of carboxylic acid groups (broad SMARTS) is 1. The first-order valence-corrected chi connectivity index (χ1v) is 7.68. The number of hydrogen-bond donors (Lipinski definition) is 1. The Morgan fingerprint density at radius 3 is 2.25 bits per heavy atom. The van der Waals surface area contributed by atoms with Gasteiger partial charge in [0.1, 0.15) is 18.1 Å². The minimum atomic E-state index is -1.12. The number of aryl methyl sites for hydroxylation is 1. The summed E-state index contributed by atoms with van der Waals surface area (Å²) in [5.74, 6) is -0.0765. The summed E-state index contributed by atoms with van der Waals surface area (Å²) in [7, 11) is 0. The number of hydrogen-bond acceptors (Lipinski definition) is 3. The van der Waals surface area contributed by atoms with E-state index in [-0.39, 0.29) is 5.76 Å². The van der Waals surface area contributed by atoms with Crippen molar-refractivity contribution in [3.63, 3.8) is 0 Å². The van der Waals surface area contributed by atoms with E-state index in [1.165, 1.54) is 11.6 Å². The molecule has 124 valence electrons. The van der Waals surface area contributed by atoms with Gasteiger partial charge in [0.2, 0.25) is 5.76 Å². The lowest BCUT2D eigenvalue weighted by atomic mass is 10.1. The Kier molecular flexibility index (Phi) is 6.20. The number of ether oxygens (including phenoxy) is 2. The molecule has 0 saturated carbocycles. The quantitative estimate of drug-likeness (QED) is 0.446. The summed E-state index contributed by atoms with van der Waals surface area (Å²) < 4.78 is 10.9. The van der Waals surface area contributed by atoms with Gasteiger partial charge in [-0.3, -0.25) is 0 Å². The average molecular weight is 324 g/mol. The van der Waals surface area contributed by atoms with Crippen LogP contribution in [0.25, 0.3) is 6.08 Å². The standard InChI is InChI=1S/C20H20O4/c1-3-13-23-17-9-7-16(8-10-17)14-19(20(21)22)24-18-11-5-15(4-2)6-12-18/h3,5-12,14H,1,4,13H2,2H3,(H,21,22). The van der Waals surface area contributed by atoms with Gasteiger partial charge in [-0.2, -0.15) is 0 Å². The third kappa shape index (κ3) is 5.02. The van der Waals surface area contributed by atoms with Crippen molar-refractivity contribution >= 4 is 12.0 Å². The largest absolute Gasteiger partial charge is 0.490 e. The fourth-order valence-corrected chi connectivity index (χ4v) is 2.02. The lowest BCUT2D eigenvalue weighted by molar-refractivity contribution is -0.134. The van der Waals surface area contributed by atoms with E-state index in [1.807, 2.05) is 12.1 Å². The molecule has 0 saturated heterocycles. The topological polar surface area (TPSA) is 55.8 Å². The first-order valence-electron chi connectivity index (χ1n) is 7.68. The Bertz CT molecular complexity index is 712. The number of benzene rings is 2. The summed E-state index contributed by atoms with van der Waals surface area (Å²) in [4.78, 5) is 11.4. The molecular formula is C20H20O4. The fraction of sp³-hybridized carbons (Fsp3) is 0.150. The zero-order valence-electron chi connectivity index (χ0n) is 13.6. The second-order valence-electron chi connectivity index (χ2n) is 5.08. The first kappa shape index (κ1) is 17.3. The second-order valence-corrected chi connectivity index (χ2v) is 5.08. The van der Waals surface area contributed by atoms with Crippen LogP contribution in [-0.4, -0.2) is 17.7 Å². The molecule has 24 heavy (non-hydrogen) atoms. The molecule has 4 nitrogen and oxygen atoms in total. The molecule has 2 aromatic rings. The Hall–Kier alpha value is -3.01. The van der Waals surface area contributed by atoms with Crippen LogP contribution in [0.1, 0.15) is 18.1 Å². The van der Waals surface area contributed by atoms with Crippen molar-refractivity contribution in [1.29, 1.82) is 0 Å². The number of carbonyl (C=O) groups is 1. The van der Waals surface area contributed by atoms with E-state index in [0.717, 1.165) is 6.42 Å². The van der Waals surface area contributed by atoms with Crippen molar-refractivity contribution < 1.29 is 19.4 Å².